The first-order valence-corrected chi connectivity index (χ1v) is 6.15. The van der Waals surface area contributed by atoms with E-state index in [1.807, 2.05) is 12.1 Å². The Morgan fingerprint density at radius 1 is 1.26 bits per heavy atom. The summed E-state index contributed by atoms with van der Waals surface area (Å²) >= 11 is 0. The molecule has 0 spiro atoms. The molecule has 0 fully saturated rings. The number of rotatable bonds is 6. The Hall–Kier alpha value is -1.91. The highest BCUT2D eigenvalue weighted by atomic mass is 16.4. The number of hydrogen-bond acceptors (Lipinski definition) is 3. The fourth-order valence-corrected chi connectivity index (χ4v) is 1.87. The van der Waals surface area contributed by atoms with Crippen molar-refractivity contribution in [1.82, 2.24) is 9.88 Å². The SMILES string of the molecule is CN(Cc1ccncc1)C(=O)CC(C)(C)CC(=O)O. The zero-order chi connectivity index (χ0) is 14.5. The maximum Gasteiger partial charge on any atom is 0.303 e. The van der Waals surface area contributed by atoms with Gasteiger partial charge >= 0.3 is 5.97 Å². The van der Waals surface area contributed by atoms with Crippen LogP contribution in [0.3, 0.4) is 0 Å². The number of carboxylic acids is 1. The van der Waals surface area contributed by atoms with E-state index in [0.717, 1.165) is 5.56 Å². The highest BCUT2D eigenvalue weighted by Crippen LogP contribution is 2.26. The van der Waals surface area contributed by atoms with E-state index in [2.05, 4.69) is 4.98 Å². The lowest BCUT2D eigenvalue weighted by Crippen LogP contribution is -2.31. The normalized spacial score (nSPS) is 11.1. The second kappa shape index (κ2) is 6.31. The van der Waals surface area contributed by atoms with Gasteiger partial charge in [0.15, 0.2) is 0 Å². The molecule has 5 nitrogen and oxygen atoms in total. The Balaban J connectivity index is 2.56. The monoisotopic (exact) mass is 264 g/mol. The van der Waals surface area contributed by atoms with Crippen molar-refractivity contribution in [3.8, 4) is 0 Å². The molecule has 5 heteroatoms. The van der Waals surface area contributed by atoms with E-state index in [9.17, 15) is 9.59 Å². The van der Waals surface area contributed by atoms with Crippen LogP contribution in [0.2, 0.25) is 0 Å². The van der Waals surface area contributed by atoms with Crippen molar-refractivity contribution in [1.29, 1.82) is 0 Å². The third-order valence-corrected chi connectivity index (χ3v) is 2.85. The largest absolute Gasteiger partial charge is 0.481 e. The summed E-state index contributed by atoms with van der Waals surface area (Å²) in [6.45, 7) is 4.09. The first-order chi connectivity index (χ1) is 8.80. The summed E-state index contributed by atoms with van der Waals surface area (Å²) in [6.07, 6.45) is 3.58. The standard InChI is InChI=1S/C14H20N2O3/c1-14(2,9-13(18)19)8-12(17)16(3)10-11-4-6-15-7-5-11/h4-7H,8-10H2,1-3H3,(H,18,19). The maximum atomic E-state index is 12.1. The average molecular weight is 264 g/mol. The molecule has 19 heavy (non-hydrogen) atoms. The summed E-state index contributed by atoms with van der Waals surface area (Å²) in [7, 11) is 1.72. The Morgan fingerprint density at radius 2 is 1.84 bits per heavy atom. The van der Waals surface area contributed by atoms with Crippen LogP contribution in [0.25, 0.3) is 0 Å². The van der Waals surface area contributed by atoms with E-state index in [0.29, 0.717) is 6.54 Å². The van der Waals surface area contributed by atoms with Crippen LogP contribution in [0.4, 0.5) is 0 Å². The van der Waals surface area contributed by atoms with Gasteiger partial charge in [-0.1, -0.05) is 13.8 Å². The van der Waals surface area contributed by atoms with E-state index in [4.69, 9.17) is 5.11 Å². The summed E-state index contributed by atoms with van der Waals surface area (Å²) < 4.78 is 0. The molecule has 0 atom stereocenters. The number of pyridine rings is 1. The van der Waals surface area contributed by atoms with Crippen molar-refractivity contribution in [2.45, 2.75) is 33.2 Å². The molecule has 1 N–H and O–H groups in total. The quantitative estimate of drug-likeness (QED) is 0.852. The number of carbonyl (C=O) groups excluding carboxylic acids is 1. The minimum absolute atomic E-state index is 0.0121. The molecule has 0 aliphatic carbocycles. The number of amides is 1. The molecule has 1 aromatic rings. The number of aromatic nitrogens is 1. The highest BCUT2D eigenvalue weighted by Gasteiger charge is 2.26. The molecular formula is C14H20N2O3. The van der Waals surface area contributed by atoms with E-state index in [1.54, 1.807) is 38.2 Å². The van der Waals surface area contributed by atoms with E-state index in [1.165, 1.54) is 0 Å². The Morgan fingerprint density at radius 3 is 2.37 bits per heavy atom. The molecule has 0 bridgehead atoms. The molecule has 1 aromatic heterocycles. The van der Waals surface area contributed by atoms with Crippen LogP contribution in [-0.2, 0) is 16.1 Å². The molecule has 0 aliphatic rings. The van der Waals surface area contributed by atoms with Gasteiger partial charge in [-0.05, 0) is 23.1 Å². The van der Waals surface area contributed by atoms with Crippen molar-refractivity contribution in [2.75, 3.05) is 7.05 Å². The smallest absolute Gasteiger partial charge is 0.303 e. The number of carbonyl (C=O) groups is 2. The van der Waals surface area contributed by atoms with E-state index < -0.39 is 11.4 Å². The molecule has 0 unspecified atom stereocenters. The Bertz CT molecular complexity index is 443. The molecule has 104 valence electrons. The van der Waals surface area contributed by atoms with Crippen LogP contribution >= 0.6 is 0 Å². The number of aliphatic carboxylic acids is 1. The second-order valence-corrected chi connectivity index (χ2v) is 5.52. The zero-order valence-corrected chi connectivity index (χ0v) is 11.6. The maximum absolute atomic E-state index is 12.1. The van der Waals surface area contributed by atoms with Gasteiger partial charge in [0.05, 0.1) is 6.42 Å². The average Bonchev–Trinajstić information content (AvgIpc) is 2.27. The number of carboxylic acid groups (broad SMARTS) is 1. The molecule has 0 radical (unpaired) electrons. The first-order valence-electron chi connectivity index (χ1n) is 6.15. The molecule has 0 aromatic carbocycles. The lowest BCUT2D eigenvalue weighted by Gasteiger charge is -2.25. The summed E-state index contributed by atoms with van der Waals surface area (Å²) in [5.41, 5.74) is 0.469. The van der Waals surface area contributed by atoms with Crippen LogP contribution in [0.1, 0.15) is 32.3 Å². The van der Waals surface area contributed by atoms with Gasteiger partial charge in [0.2, 0.25) is 5.91 Å². The van der Waals surface area contributed by atoms with E-state index >= 15 is 0 Å². The molecule has 0 aliphatic heterocycles. The van der Waals surface area contributed by atoms with Gasteiger partial charge in [0.1, 0.15) is 0 Å². The predicted octanol–water partition coefficient (Wildman–Crippen LogP) is 1.93. The van der Waals surface area contributed by atoms with Crippen molar-refractivity contribution >= 4 is 11.9 Å². The van der Waals surface area contributed by atoms with Gasteiger partial charge in [-0.2, -0.15) is 0 Å². The Kier molecular flexibility index (Phi) is 5.03. The van der Waals surface area contributed by atoms with Gasteiger partial charge in [-0.15, -0.1) is 0 Å². The molecule has 1 amide bonds. The van der Waals surface area contributed by atoms with Crippen LogP contribution in [-0.4, -0.2) is 33.9 Å². The second-order valence-electron chi connectivity index (χ2n) is 5.52. The fourth-order valence-electron chi connectivity index (χ4n) is 1.87. The van der Waals surface area contributed by atoms with Gasteiger partial charge in [-0.3, -0.25) is 14.6 Å². The van der Waals surface area contributed by atoms with Crippen molar-refractivity contribution in [3.05, 3.63) is 30.1 Å². The summed E-state index contributed by atoms with van der Waals surface area (Å²) in [5, 5.41) is 8.80. The third-order valence-electron chi connectivity index (χ3n) is 2.85. The fraction of sp³-hybridized carbons (Fsp3) is 0.500. The first kappa shape index (κ1) is 15.1. The number of nitrogens with zero attached hydrogens (tertiary/aromatic N) is 2. The molecular weight excluding hydrogens is 244 g/mol. The van der Waals surface area contributed by atoms with Crippen LogP contribution in [0.15, 0.2) is 24.5 Å². The molecule has 0 saturated carbocycles. The van der Waals surface area contributed by atoms with Crippen LogP contribution in [0, 0.1) is 5.41 Å². The zero-order valence-electron chi connectivity index (χ0n) is 11.6. The summed E-state index contributed by atoms with van der Waals surface area (Å²) in [4.78, 5) is 28.3. The minimum Gasteiger partial charge on any atom is -0.481 e. The predicted molar refractivity (Wildman–Crippen MR) is 71.4 cm³/mol. The summed E-state index contributed by atoms with van der Waals surface area (Å²) in [5.74, 6) is -0.933. The van der Waals surface area contributed by atoms with Crippen LogP contribution in [0.5, 0.6) is 0 Å². The van der Waals surface area contributed by atoms with Gasteiger partial charge in [0.25, 0.3) is 0 Å². The van der Waals surface area contributed by atoms with Crippen LogP contribution < -0.4 is 0 Å². The summed E-state index contributed by atoms with van der Waals surface area (Å²) in [6, 6.07) is 3.71. The van der Waals surface area contributed by atoms with Crippen molar-refractivity contribution in [2.24, 2.45) is 5.41 Å². The molecule has 1 rings (SSSR count). The lowest BCUT2D eigenvalue weighted by atomic mass is 9.85. The Labute approximate surface area is 113 Å². The topological polar surface area (TPSA) is 70.5 Å². The molecule has 1 heterocycles. The lowest BCUT2D eigenvalue weighted by molar-refractivity contribution is -0.140. The van der Waals surface area contributed by atoms with Gasteiger partial charge in [0, 0.05) is 32.4 Å². The highest BCUT2D eigenvalue weighted by molar-refractivity contribution is 5.77. The molecule has 0 saturated heterocycles. The third kappa shape index (κ3) is 5.50. The van der Waals surface area contributed by atoms with Crippen molar-refractivity contribution < 1.29 is 14.7 Å². The van der Waals surface area contributed by atoms with Crippen molar-refractivity contribution in [3.63, 3.8) is 0 Å². The minimum atomic E-state index is -0.880. The van der Waals surface area contributed by atoms with Gasteiger partial charge < -0.3 is 10.0 Å². The van der Waals surface area contributed by atoms with Gasteiger partial charge in [-0.25, -0.2) is 0 Å². The number of hydrogen-bond donors (Lipinski definition) is 1. The van der Waals surface area contributed by atoms with E-state index in [-0.39, 0.29) is 18.7 Å².